The topological polar surface area (TPSA) is 46.2 Å². The van der Waals surface area contributed by atoms with Gasteiger partial charge in [-0.1, -0.05) is 32.8 Å². The number of benzene rings is 1. The van der Waals surface area contributed by atoms with Gasteiger partial charge in [0.25, 0.3) is 0 Å². The molecular weight excluding hydrogens is 174 g/mol. The molecule has 1 aromatic carbocycles. The van der Waals surface area contributed by atoms with Crippen molar-refractivity contribution in [1.82, 2.24) is 0 Å². The van der Waals surface area contributed by atoms with E-state index >= 15 is 0 Å². The Balaban J connectivity index is 3.05. The van der Waals surface area contributed by atoms with Crippen molar-refractivity contribution in [1.29, 1.82) is 0 Å². The first-order chi connectivity index (χ1) is 6.70. The molecule has 0 aliphatic heterocycles. The zero-order chi connectivity index (χ0) is 10.6. The minimum atomic E-state index is 0.337. The summed E-state index contributed by atoms with van der Waals surface area (Å²) in [5.74, 6) is 0.337. The molecule has 2 nitrogen and oxygen atoms in total. The quantitative estimate of drug-likeness (QED) is 0.722. The molecule has 2 heteroatoms. The lowest BCUT2D eigenvalue weighted by Gasteiger charge is -2.11. The van der Waals surface area contributed by atoms with Gasteiger partial charge in [0.15, 0.2) is 0 Å². The zero-order valence-corrected chi connectivity index (χ0v) is 9.01. The highest BCUT2D eigenvalue weighted by Gasteiger charge is 2.08. The van der Waals surface area contributed by atoms with Gasteiger partial charge in [-0.15, -0.1) is 0 Å². The number of anilines is 1. The van der Waals surface area contributed by atoms with Crippen LogP contribution in [0.1, 0.15) is 37.8 Å². The zero-order valence-electron chi connectivity index (χ0n) is 9.01. The molecule has 14 heavy (non-hydrogen) atoms. The Morgan fingerprint density at radius 1 is 1.14 bits per heavy atom. The maximum atomic E-state index is 9.64. The third-order valence-corrected chi connectivity index (χ3v) is 2.44. The maximum Gasteiger partial charge on any atom is 0.120 e. The van der Waals surface area contributed by atoms with Crippen LogP contribution in [0.4, 0.5) is 5.69 Å². The number of aromatic hydroxyl groups is 1. The van der Waals surface area contributed by atoms with Gasteiger partial charge in [-0.05, 0) is 24.5 Å². The van der Waals surface area contributed by atoms with Crippen LogP contribution in [-0.2, 0) is 12.8 Å². The number of hydrogen-bond acceptors (Lipinski definition) is 2. The monoisotopic (exact) mass is 193 g/mol. The smallest absolute Gasteiger partial charge is 0.120 e. The molecule has 0 bridgehead atoms. The Morgan fingerprint density at radius 2 is 1.79 bits per heavy atom. The van der Waals surface area contributed by atoms with Gasteiger partial charge in [0.1, 0.15) is 5.75 Å². The third-order valence-electron chi connectivity index (χ3n) is 2.44. The molecule has 0 amide bonds. The molecule has 0 saturated heterocycles. The summed E-state index contributed by atoms with van der Waals surface area (Å²) in [7, 11) is 0. The van der Waals surface area contributed by atoms with E-state index in [-0.39, 0.29) is 0 Å². The van der Waals surface area contributed by atoms with Crippen molar-refractivity contribution in [2.45, 2.75) is 39.5 Å². The summed E-state index contributed by atoms with van der Waals surface area (Å²) in [5.41, 5.74) is 8.86. The van der Waals surface area contributed by atoms with Crippen LogP contribution in [-0.4, -0.2) is 5.11 Å². The number of hydrogen-bond donors (Lipinski definition) is 2. The van der Waals surface area contributed by atoms with Crippen LogP contribution in [0.5, 0.6) is 5.75 Å². The molecular formula is C12H19NO. The fourth-order valence-electron chi connectivity index (χ4n) is 1.70. The fraction of sp³-hybridized carbons (Fsp3) is 0.500. The van der Waals surface area contributed by atoms with E-state index in [1.165, 1.54) is 0 Å². The molecule has 0 fully saturated rings. The van der Waals surface area contributed by atoms with Crippen LogP contribution in [0.3, 0.4) is 0 Å². The fourth-order valence-corrected chi connectivity index (χ4v) is 1.70. The molecule has 0 heterocycles. The van der Waals surface area contributed by atoms with E-state index in [4.69, 9.17) is 5.73 Å². The normalized spacial score (nSPS) is 10.4. The SMILES string of the molecule is CCCc1ccc(O)c(CCC)c1N. The summed E-state index contributed by atoms with van der Waals surface area (Å²) in [6.45, 7) is 4.22. The summed E-state index contributed by atoms with van der Waals surface area (Å²) < 4.78 is 0. The third kappa shape index (κ3) is 2.19. The van der Waals surface area contributed by atoms with Crippen LogP contribution in [0, 0.1) is 0 Å². The van der Waals surface area contributed by atoms with E-state index in [9.17, 15) is 5.11 Å². The van der Waals surface area contributed by atoms with E-state index < -0.39 is 0 Å². The summed E-state index contributed by atoms with van der Waals surface area (Å²) in [6, 6.07) is 3.68. The van der Waals surface area contributed by atoms with Crippen LogP contribution in [0.15, 0.2) is 12.1 Å². The number of phenolic OH excluding ortho intramolecular Hbond substituents is 1. The predicted octanol–water partition coefficient (Wildman–Crippen LogP) is 2.88. The van der Waals surface area contributed by atoms with Crippen LogP contribution < -0.4 is 5.73 Å². The Labute approximate surface area is 85.8 Å². The largest absolute Gasteiger partial charge is 0.508 e. The van der Waals surface area contributed by atoms with Crippen molar-refractivity contribution < 1.29 is 5.11 Å². The van der Waals surface area contributed by atoms with Gasteiger partial charge in [-0.2, -0.15) is 0 Å². The van der Waals surface area contributed by atoms with Crippen LogP contribution >= 0.6 is 0 Å². The molecule has 1 rings (SSSR count). The Hall–Kier alpha value is -1.18. The first-order valence-electron chi connectivity index (χ1n) is 5.29. The molecule has 0 aliphatic carbocycles. The molecule has 0 spiro atoms. The van der Waals surface area contributed by atoms with E-state index in [2.05, 4.69) is 13.8 Å². The van der Waals surface area contributed by atoms with E-state index in [0.717, 1.165) is 42.5 Å². The van der Waals surface area contributed by atoms with Gasteiger partial charge in [0.2, 0.25) is 0 Å². The summed E-state index contributed by atoms with van der Waals surface area (Å²) in [6.07, 6.45) is 3.94. The molecule has 0 radical (unpaired) electrons. The summed E-state index contributed by atoms with van der Waals surface area (Å²) in [4.78, 5) is 0. The van der Waals surface area contributed by atoms with Crippen molar-refractivity contribution >= 4 is 5.69 Å². The van der Waals surface area contributed by atoms with E-state index in [0.29, 0.717) is 5.75 Å². The number of rotatable bonds is 4. The van der Waals surface area contributed by atoms with Crippen LogP contribution in [0.2, 0.25) is 0 Å². The van der Waals surface area contributed by atoms with Gasteiger partial charge in [-0.25, -0.2) is 0 Å². The Morgan fingerprint density at radius 3 is 2.36 bits per heavy atom. The number of nitrogens with two attached hydrogens (primary N) is 1. The highest BCUT2D eigenvalue weighted by Crippen LogP contribution is 2.28. The Kier molecular flexibility index (Phi) is 3.81. The van der Waals surface area contributed by atoms with Gasteiger partial charge in [0, 0.05) is 11.3 Å². The number of nitrogen functional groups attached to an aromatic ring is 1. The first kappa shape index (κ1) is 10.9. The first-order valence-corrected chi connectivity index (χ1v) is 5.29. The molecule has 1 aromatic rings. The molecule has 0 unspecified atom stereocenters. The highest BCUT2D eigenvalue weighted by molar-refractivity contribution is 5.59. The molecule has 0 aliphatic rings. The number of phenols is 1. The van der Waals surface area contributed by atoms with Crippen molar-refractivity contribution in [3.8, 4) is 5.75 Å². The summed E-state index contributed by atoms with van der Waals surface area (Å²) in [5, 5.41) is 9.64. The van der Waals surface area contributed by atoms with Crippen molar-refractivity contribution in [3.63, 3.8) is 0 Å². The lowest BCUT2D eigenvalue weighted by atomic mass is 10.00. The molecule has 0 saturated carbocycles. The minimum Gasteiger partial charge on any atom is -0.508 e. The number of aryl methyl sites for hydroxylation is 1. The lowest BCUT2D eigenvalue weighted by Crippen LogP contribution is -2.00. The molecule has 0 atom stereocenters. The minimum absolute atomic E-state index is 0.337. The average molecular weight is 193 g/mol. The van der Waals surface area contributed by atoms with E-state index in [1.807, 2.05) is 6.07 Å². The predicted molar refractivity (Wildman–Crippen MR) is 60.5 cm³/mol. The standard InChI is InChI=1S/C12H19NO/c1-3-5-9-7-8-11(14)10(6-4-2)12(9)13/h7-8,14H,3-6,13H2,1-2H3. The lowest BCUT2D eigenvalue weighted by molar-refractivity contribution is 0.468. The van der Waals surface area contributed by atoms with Gasteiger partial charge < -0.3 is 10.8 Å². The van der Waals surface area contributed by atoms with Gasteiger partial charge >= 0.3 is 0 Å². The van der Waals surface area contributed by atoms with Crippen molar-refractivity contribution in [3.05, 3.63) is 23.3 Å². The van der Waals surface area contributed by atoms with Gasteiger partial charge in [-0.3, -0.25) is 0 Å². The second-order valence-electron chi connectivity index (χ2n) is 3.64. The molecule has 3 N–H and O–H groups in total. The summed E-state index contributed by atoms with van der Waals surface area (Å²) >= 11 is 0. The Bertz CT molecular complexity index is 307. The van der Waals surface area contributed by atoms with Crippen molar-refractivity contribution in [2.24, 2.45) is 0 Å². The second-order valence-corrected chi connectivity index (χ2v) is 3.64. The maximum absolute atomic E-state index is 9.64. The van der Waals surface area contributed by atoms with Gasteiger partial charge in [0.05, 0.1) is 0 Å². The highest BCUT2D eigenvalue weighted by atomic mass is 16.3. The van der Waals surface area contributed by atoms with E-state index in [1.54, 1.807) is 6.07 Å². The van der Waals surface area contributed by atoms with Crippen LogP contribution in [0.25, 0.3) is 0 Å². The molecule has 0 aromatic heterocycles. The second kappa shape index (κ2) is 4.89. The average Bonchev–Trinajstić information content (AvgIpc) is 2.17. The van der Waals surface area contributed by atoms with Crippen molar-refractivity contribution in [2.75, 3.05) is 5.73 Å². The molecule has 78 valence electrons.